The second-order valence-electron chi connectivity index (χ2n) is 6.09. The van der Waals surface area contributed by atoms with E-state index < -0.39 is 0 Å². The monoisotopic (exact) mass is 262 g/mol. The number of nitrogens with one attached hydrogen (secondary N) is 1. The summed E-state index contributed by atoms with van der Waals surface area (Å²) in [5.74, 6) is 0. The number of aromatic nitrogens is 2. The number of nitrogens with zero attached hydrogens (tertiary/aromatic N) is 3. The van der Waals surface area contributed by atoms with Crippen LogP contribution < -0.4 is 5.32 Å². The normalized spacial score (nSPS) is 11.8. The van der Waals surface area contributed by atoms with Crippen LogP contribution in [-0.2, 0) is 13.1 Å². The molecule has 1 aromatic rings. The number of nitriles is 1. The van der Waals surface area contributed by atoms with Crippen LogP contribution in [0.1, 0.15) is 52.7 Å². The Balaban J connectivity index is 2.25. The van der Waals surface area contributed by atoms with E-state index in [1.165, 1.54) is 0 Å². The van der Waals surface area contributed by atoms with Gasteiger partial charge in [-0.25, -0.2) is 4.98 Å². The first-order valence-electron chi connectivity index (χ1n) is 7.08. The van der Waals surface area contributed by atoms with Crippen molar-refractivity contribution < 1.29 is 0 Å². The van der Waals surface area contributed by atoms with Gasteiger partial charge in [-0.1, -0.05) is 20.3 Å². The highest BCUT2D eigenvalue weighted by atomic mass is 15.0. The van der Waals surface area contributed by atoms with Crippen LogP contribution in [0.2, 0.25) is 0 Å². The molecule has 0 aliphatic rings. The van der Waals surface area contributed by atoms with Crippen molar-refractivity contribution in [3.8, 4) is 6.07 Å². The zero-order valence-electron chi connectivity index (χ0n) is 12.6. The van der Waals surface area contributed by atoms with Crippen LogP contribution in [0.5, 0.6) is 0 Å². The summed E-state index contributed by atoms with van der Waals surface area (Å²) in [6.45, 7) is 10.1. The summed E-state index contributed by atoms with van der Waals surface area (Å²) in [7, 11) is 0. The minimum absolute atomic E-state index is 0.193. The summed E-state index contributed by atoms with van der Waals surface area (Å²) >= 11 is 0. The van der Waals surface area contributed by atoms with Crippen molar-refractivity contribution in [1.82, 2.24) is 14.9 Å². The van der Waals surface area contributed by atoms with Crippen molar-refractivity contribution in [2.45, 2.75) is 66.1 Å². The van der Waals surface area contributed by atoms with Gasteiger partial charge in [0.25, 0.3) is 0 Å². The predicted molar refractivity (Wildman–Crippen MR) is 77.4 cm³/mol. The van der Waals surface area contributed by atoms with E-state index in [0.717, 1.165) is 38.0 Å². The van der Waals surface area contributed by atoms with E-state index in [2.05, 4.69) is 41.0 Å². The summed E-state index contributed by atoms with van der Waals surface area (Å²) in [4.78, 5) is 4.38. The van der Waals surface area contributed by atoms with Gasteiger partial charge in [-0.05, 0) is 26.7 Å². The summed E-state index contributed by atoms with van der Waals surface area (Å²) in [6.07, 6.45) is 7.13. The Labute approximate surface area is 116 Å². The van der Waals surface area contributed by atoms with Gasteiger partial charge in [0.2, 0.25) is 0 Å². The molecule has 0 aliphatic heterocycles. The molecule has 0 amide bonds. The Hall–Kier alpha value is -1.34. The number of imidazole rings is 1. The Morgan fingerprint density at radius 1 is 1.42 bits per heavy atom. The molecule has 0 aliphatic carbocycles. The van der Waals surface area contributed by atoms with Crippen molar-refractivity contribution in [1.29, 1.82) is 5.26 Å². The standard InChI is InChI=1S/C15H26N4/c1-13(2)17-9-14-10-19(12-18-14)8-6-5-7-15(3,4)11-16/h10,12-13,17H,5-9H2,1-4H3. The third kappa shape index (κ3) is 6.40. The Bertz CT molecular complexity index is 412. The minimum atomic E-state index is -0.193. The Kier molecular flexibility index (Phi) is 6.04. The molecule has 0 saturated carbocycles. The molecule has 0 spiro atoms. The van der Waals surface area contributed by atoms with E-state index >= 15 is 0 Å². The lowest BCUT2D eigenvalue weighted by atomic mass is 9.89. The van der Waals surface area contributed by atoms with Gasteiger partial charge in [0.1, 0.15) is 0 Å². The molecule has 0 unspecified atom stereocenters. The average Bonchev–Trinajstić information content (AvgIpc) is 2.80. The molecule has 0 bridgehead atoms. The summed E-state index contributed by atoms with van der Waals surface area (Å²) < 4.78 is 2.14. The Morgan fingerprint density at radius 2 is 2.16 bits per heavy atom. The molecule has 4 heteroatoms. The molecule has 0 fully saturated rings. The molecule has 1 rings (SSSR count). The highest BCUT2D eigenvalue weighted by Gasteiger charge is 2.15. The summed E-state index contributed by atoms with van der Waals surface area (Å²) in [5, 5.41) is 12.3. The molecule has 0 atom stereocenters. The third-order valence-corrected chi connectivity index (χ3v) is 3.15. The van der Waals surface area contributed by atoms with Gasteiger partial charge in [0, 0.05) is 25.3 Å². The van der Waals surface area contributed by atoms with Crippen LogP contribution in [0.25, 0.3) is 0 Å². The lowest BCUT2D eigenvalue weighted by molar-refractivity contribution is 0.417. The van der Waals surface area contributed by atoms with Crippen molar-refractivity contribution in [3.63, 3.8) is 0 Å². The van der Waals surface area contributed by atoms with Crippen LogP contribution in [0.15, 0.2) is 12.5 Å². The molecule has 1 N–H and O–H groups in total. The van der Waals surface area contributed by atoms with E-state index in [-0.39, 0.29) is 5.41 Å². The summed E-state index contributed by atoms with van der Waals surface area (Å²) in [5.41, 5.74) is 0.896. The van der Waals surface area contributed by atoms with Crippen LogP contribution in [-0.4, -0.2) is 15.6 Å². The average molecular weight is 262 g/mol. The molecule has 0 aromatic carbocycles. The van der Waals surface area contributed by atoms with E-state index in [1.54, 1.807) is 0 Å². The number of rotatable bonds is 8. The maximum Gasteiger partial charge on any atom is 0.0949 e. The highest BCUT2D eigenvalue weighted by molar-refractivity contribution is 4.96. The molecular weight excluding hydrogens is 236 g/mol. The molecule has 0 saturated heterocycles. The van der Waals surface area contributed by atoms with Gasteiger partial charge in [0.05, 0.1) is 23.5 Å². The van der Waals surface area contributed by atoms with Gasteiger partial charge in [-0.2, -0.15) is 5.26 Å². The third-order valence-electron chi connectivity index (χ3n) is 3.15. The van der Waals surface area contributed by atoms with E-state index in [9.17, 15) is 0 Å². The smallest absolute Gasteiger partial charge is 0.0949 e. The van der Waals surface area contributed by atoms with Crippen molar-refractivity contribution in [3.05, 3.63) is 18.2 Å². The topological polar surface area (TPSA) is 53.6 Å². The number of unbranched alkanes of at least 4 members (excludes halogenated alkanes) is 1. The van der Waals surface area contributed by atoms with Gasteiger partial charge < -0.3 is 9.88 Å². The molecule has 4 nitrogen and oxygen atoms in total. The maximum absolute atomic E-state index is 8.95. The first kappa shape index (κ1) is 15.7. The first-order valence-corrected chi connectivity index (χ1v) is 7.08. The lowest BCUT2D eigenvalue weighted by Gasteiger charge is -2.14. The predicted octanol–water partition coefficient (Wildman–Crippen LogP) is 3.10. The SMILES string of the molecule is CC(C)NCc1cn(CCCCC(C)(C)C#N)cn1. The first-order chi connectivity index (χ1) is 8.93. The fourth-order valence-electron chi connectivity index (χ4n) is 1.85. The molecule has 19 heavy (non-hydrogen) atoms. The largest absolute Gasteiger partial charge is 0.337 e. The lowest BCUT2D eigenvalue weighted by Crippen LogP contribution is -2.21. The van der Waals surface area contributed by atoms with Crippen molar-refractivity contribution in [2.24, 2.45) is 5.41 Å². The number of hydrogen-bond donors (Lipinski definition) is 1. The van der Waals surface area contributed by atoms with Gasteiger partial charge in [-0.15, -0.1) is 0 Å². The van der Waals surface area contributed by atoms with E-state index in [1.807, 2.05) is 20.2 Å². The highest BCUT2D eigenvalue weighted by Crippen LogP contribution is 2.21. The second-order valence-corrected chi connectivity index (χ2v) is 6.09. The molecule has 1 heterocycles. The van der Waals surface area contributed by atoms with Crippen LogP contribution >= 0.6 is 0 Å². The Morgan fingerprint density at radius 3 is 2.79 bits per heavy atom. The second kappa shape index (κ2) is 7.30. The van der Waals surface area contributed by atoms with E-state index in [0.29, 0.717) is 6.04 Å². The maximum atomic E-state index is 8.95. The van der Waals surface area contributed by atoms with Crippen LogP contribution in [0, 0.1) is 16.7 Å². The van der Waals surface area contributed by atoms with E-state index in [4.69, 9.17) is 5.26 Å². The zero-order chi connectivity index (χ0) is 14.3. The fourth-order valence-corrected chi connectivity index (χ4v) is 1.85. The van der Waals surface area contributed by atoms with Crippen LogP contribution in [0.3, 0.4) is 0 Å². The minimum Gasteiger partial charge on any atom is -0.337 e. The number of hydrogen-bond acceptors (Lipinski definition) is 3. The van der Waals surface area contributed by atoms with Crippen molar-refractivity contribution >= 4 is 0 Å². The summed E-state index contributed by atoms with van der Waals surface area (Å²) in [6, 6.07) is 2.83. The molecule has 0 radical (unpaired) electrons. The van der Waals surface area contributed by atoms with Crippen molar-refractivity contribution in [2.75, 3.05) is 0 Å². The zero-order valence-corrected chi connectivity index (χ0v) is 12.6. The quantitative estimate of drug-likeness (QED) is 0.732. The van der Waals surface area contributed by atoms with Gasteiger partial charge in [-0.3, -0.25) is 0 Å². The molecular formula is C15H26N4. The number of aryl methyl sites for hydroxylation is 1. The molecule has 106 valence electrons. The van der Waals surface area contributed by atoms with Crippen LogP contribution in [0.4, 0.5) is 0 Å². The fraction of sp³-hybridized carbons (Fsp3) is 0.733. The van der Waals surface area contributed by atoms with Gasteiger partial charge in [0.15, 0.2) is 0 Å². The molecule has 1 aromatic heterocycles. The van der Waals surface area contributed by atoms with Gasteiger partial charge >= 0.3 is 0 Å².